The van der Waals surface area contributed by atoms with E-state index in [9.17, 15) is 13.2 Å². The molecule has 0 saturated carbocycles. The summed E-state index contributed by atoms with van der Waals surface area (Å²) in [6.07, 6.45) is 0.604. The lowest BCUT2D eigenvalue weighted by Gasteiger charge is -2.35. The highest BCUT2D eigenvalue weighted by Crippen LogP contribution is 2.34. The van der Waals surface area contributed by atoms with Gasteiger partial charge in [0.2, 0.25) is 0 Å². The Morgan fingerprint density at radius 2 is 1.56 bits per heavy atom. The van der Waals surface area contributed by atoms with Gasteiger partial charge in [-0.3, -0.25) is 14.0 Å². The summed E-state index contributed by atoms with van der Waals surface area (Å²) in [5.74, 6) is 0.0157. The van der Waals surface area contributed by atoms with Crippen LogP contribution in [0, 0.1) is 6.92 Å². The van der Waals surface area contributed by atoms with E-state index in [1.54, 1.807) is 24.3 Å². The SMILES string of the molecule is Cc1ccc(S(=O)(=O)N2CCc3cc(C(=O)N4CCN(Cc5ccccc5)CC4)ccc32)cc1. The number of rotatable bonds is 5. The van der Waals surface area contributed by atoms with Crippen LogP contribution in [0.25, 0.3) is 0 Å². The number of carbonyl (C=O) groups excluding carboxylic acids is 1. The van der Waals surface area contributed by atoms with E-state index in [4.69, 9.17) is 0 Å². The van der Waals surface area contributed by atoms with E-state index in [-0.39, 0.29) is 5.91 Å². The topological polar surface area (TPSA) is 60.9 Å². The van der Waals surface area contributed by atoms with Gasteiger partial charge in [0.15, 0.2) is 0 Å². The van der Waals surface area contributed by atoms with E-state index in [1.807, 2.05) is 36.1 Å². The molecular weight excluding hydrogens is 446 g/mol. The van der Waals surface area contributed by atoms with Gasteiger partial charge >= 0.3 is 0 Å². The first-order valence-electron chi connectivity index (χ1n) is 11.7. The summed E-state index contributed by atoms with van der Waals surface area (Å²) < 4.78 is 27.8. The van der Waals surface area contributed by atoms with Crippen LogP contribution in [0.1, 0.15) is 27.0 Å². The van der Waals surface area contributed by atoms with Gasteiger partial charge in [0.25, 0.3) is 15.9 Å². The second-order valence-corrected chi connectivity index (χ2v) is 10.9. The molecule has 0 aliphatic carbocycles. The molecule has 1 saturated heterocycles. The first kappa shape index (κ1) is 22.6. The number of aryl methyl sites for hydroxylation is 1. The summed E-state index contributed by atoms with van der Waals surface area (Å²) in [5.41, 5.74) is 4.51. The van der Waals surface area contributed by atoms with Crippen molar-refractivity contribution in [1.29, 1.82) is 0 Å². The predicted octanol–water partition coefficient (Wildman–Crippen LogP) is 3.70. The van der Waals surface area contributed by atoms with Crippen LogP contribution >= 0.6 is 0 Å². The lowest BCUT2D eigenvalue weighted by atomic mass is 10.1. The largest absolute Gasteiger partial charge is 0.336 e. The molecule has 0 atom stereocenters. The number of carbonyl (C=O) groups is 1. The van der Waals surface area contributed by atoms with Crippen LogP contribution < -0.4 is 4.31 Å². The monoisotopic (exact) mass is 475 g/mol. The fraction of sp³-hybridized carbons (Fsp3) is 0.296. The van der Waals surface area contributed by atoms with Crippen molar-refractivity contribution in [3.05, 3.63) is 95.1 Å². The predicted molar refractivity (Wildman–Crippen MR) is 133 cm³/mol. The van der Waals surface area contributed by atoms with Gasteiger partial charge in [-0.25, -0.2) is 8.42 Å². The van der Waals surface area contributed by atoms with Crippen LogP contribution in [0.4, 0.5) is 5.69 Å². The Labute approximate surface area is 201 Å². The number of hydrogen-bond donors (Lipinski definition) is 0. The van der Waals surface area contributed by atoms with E-state index in [0.717, 1.165) is 30.8 Å². The third-order valence-corrected chi connectivity index (χ3v) is 8.52. The van der Waals surface area contributed by atoms with Crippen molar-refractivity contribution in [1.82, 2.24) is 9.80 Å². The number of sulfonamides is 1. The summed E-state index contributed by atoms with van der Waals surface area (Å²) in [7, 11) is -3.62. The zero-order valence-electron chi connectivity index (χ0n) is 19.4. The molecule has 0 N–H and O–H groups in total. The van der Waals surface area contributed by atoms with Crippen LogP contribution in [0.2, 0.25) is 0 Å². The van der Waals surface area contributed by atoms with E-state index in [0.29, 0.717) is 42.2 Å². The Kier molecular flexibility index (Phi) is 6.15. The molecule has 0 radical (unpaired) electrons. The maximum Gasteiger partial charge on any atom is 0.264 e. The van der Waals surface area contributed by atoms with Crippen molar-refractivity contribution in [2.24, 2.45) is 0 Å². The second kappa shape index (κ2) is 9.24. The average molecular weight is 476 g/mol. The van der Waals surface area contributed by atoms with Gasteiger partial charge in [-0.1, -0.05) is 48.0 Å². The van der Waals surface area contributed by atoms with Crippen molar-refractivity contribution in [2.75, 3.05) is 37.0 Å². The molecule has 2 aliphatic heterocycles. The van der Waals surface area contributed by atoms with E-state index in [1.165, 1.54) is 9.87 Å². The molecule has 5 rings (SSSR count). The summed E-state index contributed by atoms with van der Waals surface area (Å²) in [6.45, 7) is 6.28. The van der Waals surface area contributed by atoms with Crippen LogP contribution in [0.5, 0.6) is 0 Å². The van der Waals surface area contributed by atoms with Crippen LogP contribution in [0.3, 0.4) is 0 Å². The number of amides is 1. The minimum Gasteiger partial charge on any atom is -0.336 e. The molecule has 0 bridgehead atoms. The van der Waals surface area contributed by atoms with Crippen molar-refractivity contribution in [3.63, 3.8) is 0 Å². The summed E-state index contributed by atoms with van der Waals surface area (Å²) in [5, 5.41) is 0. The number of hydrogen-bond acceptors (Lipinski definition) is 4. The molecule has 2 heterocycles. The molecule has 0 unspecified atom stereocenters. The van der Waals surface area contributed by atoms with Gasteiger partial charge in [0.1, 0.15) is 0 Å². The van der Waals surface area contributed by atoms with E-state index < -0.39 is 10.0 Å². The summed E-state index contributed by atoms with van der Waals surface area (Å²) in [6, 6.07) is 22.7. The molecule has 3 aromatic rings. The fourth-order valence-corrected chi connectivity index (χ4v) is 6.23. The number of piperazine rings is 1. The first-order chi connectivity index (χ1) is 16.4. The molecule has 0 spiro atoms. The van der Waals surface area contributed by atoms with Crippen LogP contribution in [-0.4, -0.2) is 56.8 Å². The highest BCUT2D eigenvalue weighted by Gasteiger charge is 2.32. The molecule has 3 aromatic carbocycles. The zero-order chi connectivity index (χ0) is 23.7. The quantitative estimate of drug-likeness (QED) is 0.565. The van der Waals surface area contributed by atoms with E-state index >= 15 is 0 Å². The zero-order valence-corrected chi connectivity index (χ0v) is 20.2. The Morgan fingerprint density at radius 3 is 2.26 bits per heavy atom. The van der Waals surface area contributed by atoms with Gasteiger partial charge in [-0.15, -0.1) is 0 Å². The number of anilines is 1. The Hall–Kier alpha value is -3.16. The normalized spacial score (nSPS) is 16.5. The standard InChI is InChI=1S/C27H29N3O3S/c1-21-7-10-25(11-8-21)34(32,33)30-14-13-23-19-24(9-12-26(23)30)27(31)29-17-15-28(16-18-29)20-22-5-3-2-4-6-22/h2-12,19H,13-18,20H2,1H3. The second-order valence-electron chi connectivity index (χ2n) is 9.04. The molecule has 1 fully saturated rings. The smallest absolute Gasteiger partial charge is 0.264 e. The van der Waals surface area contributed by atoms with Gasteiger partial charge < -0.3 is 4.90 Å². The lowest BCUT2D eigenvalue weighted by molar-refractivity contribution is 0.0628. The maximum absolute atomic E-state index is 13.2. The van der Waals surface area contributed by atoms with Crippen molar-refractivity contribution in [3.8, 4) is 0 Å². The van der Waals surface area contributed by atoms with Gasteiger partial charge in [-0.2, -0.15) is 0 Å². The molecule has 0 aromatic heterocycles. The number of benzene rings is 3. The summed E-state index contributed by atoms with van der Waals surface area (Å²) >= 11 is 0. The molecular formula is C27H29N3O3S. The molecule has 176 valence electrons. The minimum absolute atomic E-state index is 0.0157. The molecule has 1 amide bonds. The first-order valence-corrected chi connectivity index (χ1v) is 13.1. The fourth-order valence-electron chi connectivity index (χ4n) is 4.72. The molecule has 34 heavy (non-hydrogen) atoms. The van der Waals surface area contributed by atoms with Crippen molar-refractivity contribution < 1.29 is 13.2 Å². The average Bonchev–Trinajstić information content (AvgIpc) is 3.29. The lowest BCUT2D eigenvalue weighted by Crippen LogP contribution is -2.48. The third kappa shape index (κ3) is 4.45. The maximum atomic E-state index is 13.2. The summed E-state index contributed by atoms with van der Waals surface area (Å²) in [4.78, 5) is 17.7. The Balaban J connectivity index is 1.26. The van der Waals surface area contributed by atoms with Gasteiger partial charge in [0.05, 0.1) is 10.6 Å². The van der Waals surface area contributed by atoms with Crippen LogP contribution in [0.15, 0.2) is 77.7 Å². The van der Waals surface area contributed by atoms with Gasteiger partial charge in [-0.05, 0) is 54.8 Å². The third-order valence-electron chi connectivity index (χ3n) is 6.70. The molecule has 6 nitrogen and oxygen atoms in total. The molecule has 7 heteroatoms. The molecule has 2 aliphatic rings. The highest BCUT2D eigenvalue weighted by atomic mass is 32.2. The van der Waals surface area contributed by atoms with Crippen molar-refractivity contribution in [2.45, 2.75) is 24.8 Å². The Bertz CT molecular complexity index is 1280. The Morgan fingerprint density at radius 1 is 0.853 bits per heavy atom. The minimum atomic E-state index is -3.62. The van der Waals surface area contributed by atoms with Crippen molar-refractivity contribution >= 4 is 21.6 Å². The van der Waals surface area contributed by atoms with Gasteiger partial charge in [0, 0.05) is 44.8 Å². The van der Waals surface area contributed by atoms with E-state index in [2.05, 4.69) is 29.2 Å². The number of nitrogens with zero attached hydrogens (tertiary/aromatic N) is 3. The van der Waals surface area contributed by atoms with Crippen LogP contribution in [-0.2, 0) is 23.0 Å². The number of fused-ring (bicyclic) bond motifs is 1. The highest BCUT2D eigenvalue weighted by molar-refractivity contribution is 7.92.